The largest absolute Gasteiger partial charge is 0.507 e. The number of anilines is 1. The number of phenols is 1. The van der Waals surface area contributed by atoms with Crippen molar-refractivity contribution in [3.8, 4) is 5.75 Å². The summed E-state index contributed by atoms with van der Waals surface area (Å²) < 4.78 is 32.9. The van der Waals surface area contributed by atoms with Crippen molar-refractivity contribution in [2.45, 2.75) is 4.90 Å². The summed E-state index contributed by atoms with van der Waals surface area (Å²) in [4.78, 5) is 10.4. The number of hydrogen-bond acceptors (Lipinski definition) is 7. The van der Waals surface area contributed by atoms with Crippen LogP contribution in [-0.2, 0) is 10.1 Å². The molecule has 0 fully saturated rings. The summed E-state index contributed by atoms with van der Waals surface area (Å²) in [6.07, 6.45) is 0. The maximum Gasteiger partial charge on any atom is 0.335 e. The van der Waals surface area contributed by atoms with Gasteiger partial charge in [0.15, 0.2) is 0 Å². The molecular formula is C17H13N3O6S. The molecule has 0 spiro atoms. The van der Waals surface area contributed by atoms with Crippen molar-refractivity contribution in [3.05, 3.63) is 54.1 Å². The first-order valence-electron chi connectivity index (χ1n) is 7.45. The van der Waals surface area contributed by atoms with Gasteiger partial charge in [0.05, 0.1) is 22.3 Å². The van der Waals surface area contributed by atoms with Gasteiger partial charge < -0.3 is 15.9 Å². The Kier molecular flexibility index (Phi) is 4.52. The van der Waals surface area contributed by atoms with E-state index in [9.17, 15) is 22.9 Å². The van der Waals surface area contributed by atoms with Gasteiger partial charge in [-0.1, -0.05) is 0 Å². The fourth-order valence-electron chi connectivity index (χ4n) is 2.54. The van der Waals surface area contributed by atoms with Crippen molar-refractivity contribution >= 4 is 43.9 Å². The number of nitrogens with two attached hydrogens (primary N) is 1. The van der Waals surface area contributed by atoms with Crippen LogP contribution in [0.15, 0.2) is 63.7 Å². The molecule has 0 saturated heterocycles. The summed E-state index contributed by atoms with van der Waals surface area (Å²) >= 11 is 0. The first-order chi connectivity index (χ1) is 12.7. The molecule has 0 atom stereocenters. The van der Waals surface area contributed by atoms with Crippen molar-refractivity contribution in [1.82, 2.24) is 0 Å². The van der Waals surface area contributed by atoms with E-state index in [4.69, 9.17) is 10.8 Å². The number of aromatic carboxylic acids is 1. The Bertz CT molecular complexity index is 1180. The Morgan fingerprint density at radius 2 is 1.59 bits per heavy atom. The molecule has 0 heterocycles. The topological polar surface area (TPSA) is 163 Å². The van der Waals surface area contributed by atoms with Crippen molar-refractivity contribution in [3.63, 3.8) is 0 Å². The van der Waals surface area contributed by atoms with E-state index >= 15 is 0 Å². The molecule has 0 radical (unpaired) electrons. The minimum atomic E-state index is -4.62. The molecule has 5 N–H and O–H groups in total. The Morgan fingerprint density at radius 3 is 2.19 bits per heavy atom. The lowest BCUT2D eigenvalue weighted by Gasteiger charge is -2.10. The molecule has 0 saturated carbocycles. The van der Waals surface area contributed by atoms with E-state index in [1.54, 1.807) is 0 Å². The third kappa shape index (κ3) is 3.57. The first-order valence-corrected chi connectivity index (χ1v) is 8.89. The minimum absolute atomic E-state index is 0.0165. The number of aromatic hydroxyl groups is 1. The maximum atomic E-state index is 11.7. The average Bonchev–Trinajstić information content (AvgIpc) is 2.60. The van der Waals surface area contributed by atoms with E-state index in [-0.39, 0.29) is 33.5 Å². The third-order valence-corrected chi connectivity index (χ3v) is 4.67. The van der Waals surface area contributed by atoms with Crippen molar-refractivity contribution in [1.29, 1.82) is 0 Å². The number of fused-ring (bicyclic) bond motifs is 1. The van der Waals surface area contributed by atoms with Gasteiger partial charge in [0.25, 0.3) is 10.1 Å². The van der Waals surface area contributed by atoms with Crippen molar-refractivity contribution < 1.29 is 28.0 Å². The van der Waals surface area contributed by atoms with Gasteiger partial charge in [-0.15, -0.1) is 5.11 Å². The number of nitrogens with zero attached hydrogens (tertiary/aromatic N) is 2. The highest BCUT2D eigenvalue weighted by atomic mass is 32.2. The normalized spacial score (nSPS) is 11.9. The number of rotatable bonds is 4. The quantitative estimate of drug-likeness (QED) is 0.302. The van der Waals surface area contributed by atoms with E-state index < -0.39 is 21.0 Å². The zero-order valence-electron chi connectivity index (χ0n) is 13.6. The number of azo groups is 1. The molecule has 3 rings (SSSR count). The monoisotopic (exact) mass is 387 g/mol. The SMILES string of the molecule is Nc1ccc(S(=O)(=O)O)c2c(/N=N/c3ccc(C(=O)O)cc3)ccc(O)c12. The van der Waals surface area contributed by atoms with Crippen LogP contribution in [0.1, 0.15) is 10.4 Å². The fraction of sp³-hybridized carbons (Fsp3) is 0. The van der Waals surface area contributed by atoms with Gasteiger partial charge >= 0.3 is 5.97 Å². The molecule has 10 heteroatoms. The van der Waals surface area contributed by atoms with Gasteiger partial charge in [-0.3, -0.25) is 4.55 Å². The Balaban J connectivity index is 2.18. The Labute approximate surface area is 153 Å². The Morgan fingerprint density at radius 1 is 0.926 bits per heavy atom. The molecule has 0 bridgehead atoms. The lowest BCUT2D eigenvalue weighted by Crippen LogP contribution is -2.01. The zero-order valence-corrected chi connectivity index (χ0v) is 14.4. The number of phenolic OH excluding ortho intramolecular Hbond substituents is 1. The van der Waals surface area contributed by atoms with Gasteiger partial charge in [-0.2, -0.15) is 13.5 Å². The van der Waals surface area contributed by atoms with Crippen LogP contribution < -0.4 is 5.73 Å². The van der Waals surface area contributed by atoms with Crippen LogP contribution in [0.4, 0.5) is 17.1 Å². The molecule has 0 aliphatic heterocycles. The second-order valence-electron chi connectivity index (χ2n) is 5.53. The van der Waals surface area contributed by atoms with E-state index in [0.717, 1.165) is 6.07 Å². The highest BCUT2D eigenvalue weighted by Crippen LogP contribution is 2.40. The lowest BCUT2D eigenvalue weighted by atomic mass is 10.1. The van der Waals surface area contributed by atoms with Gasteiger partial charge in [0.1, 0.15) is 10.6 Å². The molecule has 9 nitrogen and oxygen atoms in total. The smallest absolute Gasteiger partial charge is 0.335 e. The van der Waals surface area contributed by atoms with Gasteiger partial charge in [0.2, 0.25) is 0 Å². The van der Waals surface area contributed by atoms with Crippen molar-refractivity contribution in [2.75, 3.05) is 5.73 Å². The van der Waals surface area contributed by atoms with E-state index in [1.807, 2.05) is 0 Å². The molecule has 138 valence electrons. The predicted octanol–water partition coefficient (Wildman–Crippen LogP) is 3.49. The number of hydrogen-bond donors (Lipinski definition) is 4. The van der Waals surface area contributed by atoms with Crippen LogP contribution in [0.5, 0.6) is 5.75 Å². The van der Waals surface area contributed by atoms with Crippen LogP contribution in [0, 0.1) is 0 Å². The highest BCUT2D eigenvalue weighted by Gasteiger charge is 2.20. The molecule has 0 amide bonds. The van der Waals surface area contributed by atoms with Crippen LogP contribution in [0.25, 0.3) is 10.8 Å². The summed E-state index contributed by atoms with van der Waals surface area (Å²) in [6.45, 7) is 0. The van der Waals surface area contributed by atoms with Crippen molar-refractivity contribution in [2.24, 2.45) is 10.2 Å². The van der Waals surface area contributed by atoms with Crippen LogP contribution in [-0.4, -0.2) is 29.2 Å². The third-order valence-electron chi connectivity index (χ3n) is 3.78. The summed E-state index contributed by atoms with van der Waals surface area (Å²) in [6, 6.07) is 10.5. The minimum Gasteiger partial charge on any atom is -0.507 e. The molecule has 3 aromatic carbocycles. The molecule has 0 aromatic heterocycles. The predicted molar refractivity (Wildman–Crippen MR) is 97.4 cm³/mol. The summed E-state index contributed by atoms with van der Waals surface area (Å²) in [5.74, 6) is -1.37. The number of nitrogen functional groups attached to an aromatic ring is 1. The summed E-state index contributed by atoms with van der Waals surface area (Å²) in [5.41, 5.74) is 6.36. The zero-order chi connectivity index (χ0) is 19.8. The van der Waals surface area contributed by atoms with E-state index in [1.165, 1.54) is 42.5 Å². The van der Waals surface area contributed by atoms with E-state index in [0.29, 0.717) is 5.69 Å². The maximum absolute atomic E-state index is 11.7. The van der Waals surface area contributed by atoms with Gasteiger partial charge in [-0.25, -0.2) is 4.79 Å². The molecule has 0 aliphatic carbocycles. The second-order valence-corrected chi connectivity index (χ2v) is 6.92. The number of carbonyl (C=O) groups is 1. The molecule has 3 aromatic rings. The lowest BCUT2D eigenvalue weighted by molar-refractivity contribution is 0.0697. The average molecular weight is 387 g/mol. The van der Waals surface area contributed by atoms with Gasteiger partial charge in [0, 0.05) is 11.1 Å². The fourth-order valence-corrected chi connectivity index (χ4v) is 3.24. The molecule has 0 aliphatic rings. The first kappa shape index (κ1) is 18.3. The van der Waals surface area contributed by atoms with Crippen LogP contribution >= 0.6 is 0 Å². The Hall–Kier alpha value is -3.50. The molecule has 27 heavy (non-hydrogen) atoms. The van der Waals surface area contributed by atoms with Gasteiger partial charge in [-0.05, 0) is 48.5 Å². The molecule has 0 unspecified atom stereocenters. The summed E-state index contributed by atoms with van der Waals surface area (Å²) in [5, 5.41) is 26.8. The number of benzene rings is 3. The number of carboxylic acid groups (broad SMARTS) is 1. The summed E-state index contributed by atoms with van der Waals surface area (Å²) in [7, 11) is -4.62. The van der Waals surface area contributed by atoms with Crippen LogP contribution in [0.3, 0.4) is 0 Å². The molecular weight excluding hydrogens is 374 g/mol. The highest BCUT2D eigenvalue weighted by molar-refractivity contribution is 7.86. The second kappa shape index (κ2) is 6.67. The van der Waals surface area contributed by atoms with E-state index in [2.05, 4.69) is 10.2 Å². The van der Waals surface area contributed by atoms with Crippen LogP contribution in [0.2, 0.25) is 0 Å². The number of carboxylic acids is 1. The standard InChI is InChI=1S/C17H13N3O6S/c18-11-5-8-14(27(24,25)26)16-12(6-7-13(21)15(11)16)20-19-10-3-1-9(2-4-10)17(22)23/h1-8,21H,18H2,(H,22,23)(H,24,25,26)/b20-19+.